The van der Waals surface area contributed by atoms with Crippen molar-refractivity contribution in [1.29, 1.82) is 0 Å². The lowest BCUT2D eigenvalue weighted by molar-refractivity contribution is -0.158. The molecule has 2 aliphatic carbocycles. The molecule has 3 aliphatic rings. The lowest BCUT2D eigenvalue weighted by atomic mass is 9.66. The highest BCUT2D eigenvalue weighted by Crippen LogP contribution is 2.59. The van der Waals surface area contributed by atoms with Gasteiger partial charge in [-0.1, -0.05) is 27.7 Å². The summed E-state index contributed by atoms with van der Waals surface area (Å²) in [5, 5.41) is 0. The zero-order valence-corrected chi connectivity index (χ0v) is 14.1. The second-order valence-electron chi connectivity index (χ2n) is 8.09. The standard InChI is InChI=1S/C18H28O4/c1-9(2)16-11-5-13(17(16)10(3)4)14(6-11)18(20)22-12-7-15(19)21-8-12/h9-14,16-17H,5-8H2,1-4H3. The molecule has 6 atom stereocenters. The SMILES string of the molecule is CC(C)C1C2CC(C(=O)OC3COC(=O)C3)C(C2)C1C(C)C. The molecule has 0 radical (unpaired) electrons. The van der Waals surface area contributed by atoms with Gasteiger partial charge in [-0.2, -0.15) is 0 Å². The number of hydrogen-bond acceptors (Lipinski definition) is 4. The van der Waals surface area contributed by atoms with Crippen LogP contribution < -0.4 is 0 Å². The lowest BCUT2D eigenvalue weighted by Gasteiger charge is -2.39. The van der Waals surface area contributed by atoms with Gasteiger partial charge in [0.25, 0.3) is 0 Å². The zero-order valence-electron chi connectivity index (χ0n) is 14.1. The third-order valence-corrected chi connectivity index (χ3v) is 6.08. The maximum atomic E-state index is 12.6. The lowest BCUT2D eigenvalue weighted by Crippen LogP contribution is -2.38. The summed E-state index contributed by atoms with van der Waals surface area (Å²) < 4.78 is 10.4. The summed E-state index contributed by atoms with van der Waals surface area (Å²) in [5.41, 5.74) is 0. The molecule has 4 nitrogen and oxygen atoms in total. The van der Waals surface area contributed by atoms with Crippen LogP contribution in [0.2, 0.25) is 0 Å². The van der Waals surface area contributed by atoms with E-state index in [0.717, 1.165) is 12.3 Å². The van der Waals surface area contributed by atoms with Crippen LogP contribution in [0, 0.1) is 41.4 Å². The van der Waals surface area contributed by atoms with E-state index in [9.17, 15) is 9.59 Å². The molecule has 1 heterocycles. The number of esters is 2. The molecular weight excluding hydrogens is 280 g/mol. The summed E-state index contributed by atoms with van der Waals surface area (Å²) >= 11 is 0. The summed E-state index contributed by atoms with van der Waals surface area (Å²) in [5.74, 6) is 3.45. The molecule has 124 valence electrons. The Kier molecular flexibility index (Phi) is 4.21. The molecule has 2 bridgehead atoms. The molecule has 0 N–H and O–H groups in total. The van der Waals surface area contributed by atoms with Gasteiger partial charge in [0.2, 0.25) is 0 Å². The zero-order chi connectivity index (χ0) is 16.0. The first-order chi connectivity index (χ1) is 10.4. The number of carbonyl (C=O) groups excluding carboxylic acids is 2. The smallest absolute Gasteiger partial charge is 0.309 e. The molecule has 22 heavy (non-hydrogen) atoms. The number of cyclic esters (lactones) is 1. The van der Waals surface area contributed by atoms with Crippen molar-refractivity contribution in [2.75, 3.05) is 6.61 Å². The summed E-state index contributed by atoms with van der Waals surface area (Å²) in [4.78, 5) is 23.7. The van der Waals surface area contributed by atoms with E-state index in [4.69, 9.17) is 9.47 Å². The van der Waals surface area contributed by atoms with Gasteiger partial charge in [-0.15, -0.1) is 0 Å². The van der Waals surface area contributed by atoms with Gasteiger partial charge in [-0.3, -0.25) is 9.59 Å². The Morgan fingerprint density at radius 1 is 1.14 bits per heavy atom. The number of rotatable bonds is 4. The average Bonchev–Trinajstić information content (AvgIpc) is 3.11. The van der Waals surface area contributed by atoms with Crippen LogP contribution in [0.5, 0.6) is 0 Å². The van der Waals surface area contributed by atoms with Crippen molar-refractivity contribution in [3.63, 3.8) is 0 Å². The van der Waals surface area contributed by atoms with E-state index >= 15 is 0 Å². The van der Waals surface area contributed by atoms with Crippen molar-refractivity contribution in [2.24, 2.45) is 41.4 Å². The van der Waals surface area contributed by atoms with Crippen molar-refractivity contribution in [3.8, 4) is 0 Å². The van der Waals surface area contributed by atoms with Gasteiger partial charge >= 0.3 is 11.9 Å². The fraction of sp³-hybridized carbons (Fsp3) is 0.889. The highest BCUT2D eigenvalue weighted by molar-refractivity contribution is 5.76. The predicted molar refractivity (Wildman–Crippen MR) is 81.8 cm³/mol. The minimum atomic E-state index is -0.363. The minimum absolute atomic E-state index is 0.0307. The Morgan fingerprint density at radius 3 is 2.36 bits per heavy atom. The molecule has 3 rings (SSSR count). The third-order valence-electron chi connectivity index (χ3n) is 6.08. The first-order valence-electron chi connectivity index (χ1n) is 8.74. The highest BCUT2D eigenvalue weighted by atomic mass is 16.6. The maximum absolute atomic E-state index is 12.6. The van der Waals surface area contributed by atoms with Crippen LogP contribution in [0.3, 0.4) is 0 Å². The largest absolute Gasteiger partial charge is 0.462 e. The Bertz CT molecular complexity index is 456. The molecule has 0 aromatic carbocycles. The molecule has 2 saturated carbocycles. The molecule has 1 aliphatic heterocycles. The second-order valence-corrected chi connectivity index (χ2v) is 8.09. The van der Waals surface area contributed by atoms with E-state index in [1.165, 1.54) is 6.42 Å². The van der Waals surface area contributed by atoms with E-state index in [2.05, 4.69) is 27.7 Å². The third kappa shape index (κ3) is 2.65. The molecule has 3 fully saturated rings. The van der Waals surface area contributed by atoms with Gasteiger partial charge in [0, 0.05) is 0 Å². The molecule has 0 aromatic heterocycles. The summed E-state index contributed by atoms with van der Waals surface area (Å²) in [6, 6.07) is 0. The monoisotopic (exact) mass is 308 g/mol. The summed E-state index contributed by atoms with van der Waals surface area (Å²) in [6.07, 6.45) is 2.00. The van der Waals surface area contributed by atoms with Crippen molar-refractivity contribution in [3.05, 3.63) is 0 Å². The molecule has 0 spiro atoms. The number of hydrogen-bond donors (Lipinski definition) is 0. The van der Waals surface area contributed by atoms with E-state index in [0.29, 0.717) is 29.6 Å². The molecule has 1 saturated heterocycles. The van der Waals surface area contributed by atoms with Gasteiger partial charge in [0.1, 0.15) is 12.7 Å². The van der Waals surface area contributed by atoms with Gasteiger partial charge in [-0.25, -0.2) is 0 Å². The van der Waals surface area contributed by atoms with Gasteiger partial charge in [0.15, 0.2) is 0 Å². The van der Waals surface area contributed by atoms with Crippen LogP contribution in [-0.4, -0.2) is 24.6 Å². The van der Waals surface area contributed by atoms with Crippen LogP contribution in [0.15, 0.2) is 0 Å². The van der Waals surface area contributed by atoms with Crippen LogP contribution in [0.4, 0.5) is 0 Å². The minimum Gasteiger partial charge on any atom is -0.462 e. The van der Waals surface area contributed by atoms with E-state index < -0.39 is 0 Å². The molecule has 0 amide bonds. The second kappa shape index (κ2) is 5.86. The van der Waals surface area contributed by atoms with Crippen molar-refractivity contribution < 1.29 is 19.1 Å². The number of fused-ring (bicyclic) bond motifs is 2. The first kappa shape index (κ1) is 15.8. The molecule has 4 heteroatoms. The predicted octanol–water partition coefficient (Wildman–Crippen LogP) is 3.05. The van der Waals surface area contributed by atoms with E-state index in [1.54, 1.807) is 0 Å². The molecule has 6 unspecified atom stereocenters. The normalized spacial score (nSPS) is 40.5. The quantitative estimate of drug-likeness (QED) is 0.749. The first-order valence-corrected chi connectivity index (χ1v) is 8.74. The Hall–Kier alpha value is -1.06. The van der Waals surface area contributed by atoms with Crippen molar-refractivity contribution >= 4 is 11.9 Å². The Morgan fingerprint density at radius 2 is 1.82 bits per heavy atom. The molecule has 0 aromatic rings. The van der Waals surface area contributed by atoms with Gasteiger partial charge in [0.05, 0.1) is 12.3 Å². The maximum Gasteiger partial charge on any atom is 0.309 e. The van der Waals surface area contributed by atoms with Gasteiger partial charge < -0.3 is 9.47 Å². The fourth-order valence-electron chi connectivity index (χ4n) is 5.47. The number of carbonyl (C=O) groups is 2. The summed E-state index contributed by atoms with van der Waals surface area (Å²) in [7, 11) is 0. The number of ether oxygens (including phenoxy) is 2. The van der Waals surface area contributed by atoms with Crippen LogP contribution in [-0.2, 0) is 19.1 Å². The van der Waals surface area contributed by atoms with Gasteiger partial charge in [-0.05, 0) is 48.3 Å². The van der Waals surface area contributed by atoms with E-state index in [-0.39, 0.29) is 37.0 Å². The van der Waals surface area contributed by atoms with Crippen molar-refractivity contribution in [2.45, 2.75) is 53.1 Å². The fourth-order valence-corrected chi connectivity index (χ4v) is 5.47. The van der Waals surface area contributed by atoms with E-state index in [1.807, 2.05) is 0 Å². The van der Waals surface area contributed by atoms with Crippen LogP contribution in [0.25, 0.3) is 0 Å². The molecular formula is C18H28O4. The van der Waals surface area contributed by atoms with Crippen molar-refractivity contribution in [1.82, 2.24) is 0 Å². The Balaban J connectivity index is 1.67. The Labute approximate surface area is 132 Å². The van der Waals surface area contributed by atoms with Crippen LogP contribution >= 0.6 is 0 Å². The topological polar surface area (TPSA) is 52.6 Å². The summed E-state index contributed by atoms with van der Waals surface area (Å²) in [6.45, 7) is 9.43. The highest BCUT2D eigenvalue weighted by Gasteiger charge is 2.56. The van der Waals surface area contributed by atoms with Crippen LogP contribution in [0.1, 0.15) is 47.0 Å². The average molecular weight is 308 g/mol.